The molecule has 5 heterocycles. The maximum Gasteiger partial charge on any atom is 0.167 e. The van der Waals surface area contributed by atoms with E-state index in [9.17, 15) is 0 Å². The van der Waals surface area contributed by atoms with Crippen molar-refractivity contribution in [2.75, 3.05) is 0 Å². The summed E-state index contributed by atoms with van der Waals surface area (Å²) >= 11 is 0. The zero-order valence-electron chi connectivity index (χ0n) is 25.3. The molecule has 48 heavy (non-hydrogen) atoms. The Hall–Kier alpha value is -7.01. The number of nitrogens with zero attached hydrogens (tertiary/aromatic N) is 9. The van der Waals surface area contributed by atoms with Gasteiger partial charge in [-0.3, -0.25) is 9.13 Å². The normalized spacial score (nSPS) is 11.3. The minimum Gasteiger partial charge on any atom is -0.457 e. The molecule has 4 aromatic carbocycles. The van der Waals surface area contributed by atoms with E-state index in [1.807, 2.05) is 134 Å². The van der Waals surface area contributed by atoms with Gasteiger partial charge in [0.05, 0.1) is 35.4 Å². The first-order chi connectivity index (χ1) is 23.7. The number of fused-ring (bicyclic) bond motifs is 2. The molecule has 0 aliphatic heterocycles. The molecule has 0 unspecified atom stereocenters. The maximum atomic E-state index is 6.26. The van der Waals surface area contributed by atoms with Crippen molar-refractivity contribution in [3.63, 3.8) is 0 Å². The third kappa shape index (κ3) is 5.11. The second-order valence-electron chi connectivity index (χ2n) is 11.0. The van der Waals surface area contributed by atoms with E-state index in [-0.39, 0.29) is 0 Å². The molecule has 0 saturated heterocycles. The van der Waals surface area contributed by atoms with Gasteiger partial charge in [0.1, 0.15) is 46.7 Å². The molecule has 11 nitrogen and oxygen atoms in total. The molecule has 0 spiro atoms. The highest BCUT2D eigenvalue weighted by Crippen LogP contribution is 2.30. The summed E-state index contributed by atoms with van der Waals surface area (Å²) < 4.78 is 20.3. The molecule has 0 N–H and O–H groups in total. The largest absolute Gasteiger partial charge is 0.457 e. The Bertz CT molecular complexity index is 2360. The van der Waals surface area contributed by atoms with Crippen molar-refractivity contribution >= 4 is 22.3 Å². The fourth-order valence-corrected chi connectivity index (χ4v) is 5.65. The zero-order valence-corrected chi connectivity index (χ0v) is 25.3. The topological polar surface area (TPSA) is 103 Å². The molecule has 0 atom stereocenters. The van der Waals surface area contributed by atoms with Gasteiger partial charge in [-0.25, -0.2) is 24.9 Å². The lowest BCUT2D eigenvalue weighted by atomic mass is 10.2. The average Bonchev–Trinajstić information content (AvgIpc) is 3.95. The molecule has 9 rings (SSSR count). The van der Waals surface area contributed by atoms with Gasteiger partial charge < -0.3 is 18.6 Å². The van der Waals surface area contributed by atoms with E-state index >= 15 is 0 Å². The number of hydrogen-bond acceptors (Lipinski definition) is 7. The Morgan fingerprint density at radius 2 is 0.854 bits per heavy atom. The van der Waals surface area contributed by atoms with Gasteiger partial charge in [-0.15, -0.1) is 0 Å². The van der Waals surface area contributed by atoms with Gasteiger partial charge >= 0.3 is 0 Å². The first kappa shape index (κ1) is 27.3. The van der Waals surface area contributed by atoms with Crippen molar-refractivity contribution in [1.82, 2.24) is 43.2 Å². The van der Waals surface area contributed by atoms with Crippen LogP contribution in [0.2, 0.25) is 0 Å². The number of rotatable bonds is 8. The Balaban J connectivity index is 1.02. The van der Waals surface area contributed by atoms with Crippen LogP contribution in [-0.4, -0.2) is 43.2 Å². The second kappa shape index (κ2) is 11.4. The van der Waals surface area contributed by atoms with Crippen molar-refractivity contribution in [2.45, 2.75) is 0 Å². The zero-order chi connectivity index (χ0) is 31.9. The molecule has 0 saturated carbocycles. The number of benzene rings is 4. The average molecular weight is 628 g/mol. The lowest BCUT2D eigenvalue weighted by molar-refractivity contribution is 0.482. The van der Waals surface area contributed by atoms with E-state index in [4.69, 9.17) is 14.5 Å². The summed E-state index contributed by atoms with van der Waals surface area (Å²) in [6, 6.07) is 33.4. The SMILES string of the molecule is c1cc(Oc2cccc(-n3cnc4cc5ncn(-c6cccc(Oc7cccc(-n8ccnc8)c7)c6)c5nc43)c2)cc(-n2ccnc2)c1. The number of hydrogen-bond donors (Lipinski definition) is 0. The van der Waals surface area contributed by atoms with E-state index in [0.29, 0.717) is 22.8 Å². The smallest absolute Gasteiger partial charge is 0.167 e. The van der Waals surface area contributed by atoms with Gasteiger partial charge in [0.25, 0.3) is 0 Å². The van der Waals surface area contributed by atoms with Crippen LogP contribution in [0.1, 0.15) is 0 Å². The Morgan fingerprint density at radius 3 is 1.27 bits per heavy atom. The third-order valence-electron chi connectivity index (χ3n) is 7.93. The molecule has 9 aromatic rings. The summed E-state index contributed by atoms with van der Waals surface area (Å²) in [5, 5.41) is 0. The van der Waals surface area contributed by atoms with Crippen LogP contribution in [0.25, 0.3) is 45.1 Å². The summed E-state index contributed by atoms with van der Waals surface area (Å²) in [4.78, 5) is 22.6. The summed E-state index contributed by atoms with van der Waals surface area (Å²) in [5.74, 6) is 2.82. The molecule has 0 bridgehead atoms. The van der Waals surface area contributed by atoms with Crippen LogP contribution < -0.4 is 9.47 Å². The van der Waals surface area contributed by atoms with Crippen LogP contribution in [0, 0.1) is 0 Å². The molecule has 0 amide bonds. The number of aromatic nitrogens is 9. The maximum absolute atomic E-state index is 6.26. The first-order valence-electron chi connectivity index (χ1n) is 15.2. The van der Waals surface area contributed by atoms with Gasteiger partial charge in [-0.1, -0.05) is 24.3 Å². The van der Waals surface area contributed by atoms with Crippen molar-refractivity contribution in [2.24, 2.45) is 0 Å². The van der Waals surface area contributed by atoms with Gasteiger partial charge in [0, 0.05) is 49.1 Å². The highest BCUT2D eigenvalue weighted by molar-refractivity contribution is 5.87. The predicted octanol–water partition coefficient (Wildman–Crippen LogP) is 7.72. The minimum absolute atomic E-state index is 0.690. The van der Waals surface area contributed by atoms with Crippen LogP contribution in [0.5, 0.6) is 23.0 Å². The fourth-order valence-electron chi connectivity index (χ4n) is 5.65. The third-order valence-corrected chi connectivity index (χ3v) is 7.93. The Kier molecular flexibility index (Phi) is 6.49. The van der Waals surface area contributed by atoms with E-state index in [0.717, 1.165) is 45.3 Å². The highest BCUT2D eigenvalue weighted by atomic mass is 16.5. The quantitative estimate of drug-likeness (QED) is 0.170. The standard InChI is InChI=1S/C37H25N9O2/c1-5-26(43-15-13-38-22-43)17-30(9-1)47-32-11-3-7-28(19-32)45-24-40-34-21-35-37(42-36(34)45)46(25-41-35)29-8-4-12-33(20-29)48-31-10-2-6-27(18-31)44-16-14-39-23-44/h1-25H. The van der Waals surface area contributed by atoms with Gasteiger partial charge in [-0.05, 0) is 54.6 Å². The highest BCUT2D eigenvalue weighted by Gasteiger charge is 2.14. The number of pyridine rings is 1. The Labute approximate surface area is 273 Å². The molecule has 0 fully saturated rings. The molecule has 0 aliphatic rings. The van der Waals surface area contributed by atoms with Gasteiger partial charge in [0.2, 0.25) is 0 Å². The number of imidazole rings is 4. The molecule has 230 valence electrons. The van der Waals surface area contributed by atoms with E-state index < -0.39 is 0 Å². The van der Waals surface area contributed by atoms with Crippen molar-refractivity contribution < 1.29 is 9.47 Å². The summed E-state index contributed by atoms with van der Waals surface area (Å²) in [6.07, 6.45) is 14.3. The van der Waals surface area contributed by atoms with Gasteiger partial charge in [0.15, 0.2) is 11.3 Å². The fraction of sp³-hybridized carbons (Fsp3) is 0. The van der Waals surface area contributed by atoms with Crippen LogP contribution in [-0.2, 0) is 0 Å². The first-order valence-corrected chi connectivity index (χ1v) is 15.2. The van der Waals surface area contributed by atoms with E-state index in [1.165, 1.54) is 0 Å². The van der Waals surface area contributed by atoms with Crippen LogP contribution in [0.4, 0.5) is 0 Å². The summed E-state index contributed by atoms with van der Waals surface area (Å²) in [5.41, 5.74) is 6.54. The van der Waals surface area contributed by atoms with Crippen molar-refractivity contribution in [1.29, 1.82) is 0 Å². The number of ether oxygens (including phenoxy) is 2. The molecule has 0 radical (unpaired) electrons. The molecule has 5 aromatic heterocycles. The van der Waals surface area contributed by atoms with Gasteiger partial charge in [-0.2, -0.15) is 0 Å². The monoisotopic (exact) mass is 627 g/mol. The molecular weight excluding hydrogens is 602 g/mol. The summed E-state index contributed by atoms with van der Waals surface area (Å²) in [7, 11) is 0. The van der Waals surface area contributed by atoms with E-state index in [2.05, 4.69) is 19.9 Å². The lowest BCUT2D eigenvalue weighted by Crippen LogP contribution is -1.98. The molecule has 0 aliphatic carbocycles. The molecular formula is C37H25N9O2. The van der Waals surface area contributed by atoms with Crippen LogP contribution in [0.3, 0.4) is 0 Å². The minimum atomic E-state index is 0.690. The van der Waals surface area contributed by atoms with Crippen LogP contribution in [0.15, 0.2) is 153 Å². The van der Waals surface area contributed by atoms with Crippen molar-refractivity contribution in [3.05, 3.63) is 153 Å². The second-order valence-corrected chi connectivity index (χ2v) is 11.0. The van der Waals surface area contributed by atoms with Crippen molar-refractivity contribution in [3.8, 4) is 45.7 Å². The van der Waals surface area contributed by atoms with E-state index in [1.54, 1.807) is 37.7 Å². The Morgan fingerprint density at radius 1 is 0.438 bits per heavy atom. The lowest BCUT2D eigenvalue weighted by Gasteiger charge is -2.11. The predicted molar refractivity (Wildman–Crippen MR) is 181 cm³/mol. The van der Waals surface area contributed by atoms with Crippen LogP contribution >= 0.6 is 0 Å². The molecule has 11 heteroatoms. The summed E-state index contributed by atoms with van der Waals surface area (Å²) in [6.45, 7) is 0.